The van der Waals surface area contributed by atoms with Crippen molar-refractivity contribution in [2.24, 2.45) is 0 Å². The molecule has 0 bridgehead atoms. The van der Waals surface area contributed by atoms with Gasteiger partial charge < -0.3 is 15.0 Å². The summed E-state index contributed by atoms with van der Waals surface area (Å²) in [6.07, 6.45) is 4.21. The summed E-state index contributed by atoms with van der Waals surface area (Å²) in [4.78, 5) is 3.28. The second kappa shape index (κ2) is 5.74. The predicted molar refractivity (Wildman–Crippen MR) is 98.4 cm³/mol. The monoisotopic (exact) mass is 310 g/mol. The average molecular weight is 310 g/mol. The van der Waals surface area contributed by atoms with Gasteiger partial charge in [0.15, 0.2) is 0 Å². The molecule has 1 aliphatic heterocycles. The second-order valence-corrected chi connectivity index (χ2v) is 6.52. The molecular weight excluding hydrogens is 284 g/mol. The van der Waals surface area contributed by atoms with Gasteiger partial charge in [0.25, 0.3) is 0 Å². The molecule has 1 aliphatic rings. The Morgan fingerprint density at radius 3 is 2.96 bits per heavy atom. The Balaban J connectivity index is 0.00000113. The molecule has 0 aliphatic carbocycles. The first-order valence-corrected chi connectivity index (χ1v) is 8.20. The van der Waals surface area contributed by atoms with Crippen LogP contribution in [0.5, 0.6) is 5.75 Å². The van der Waals surface area contributed by atoms with Crippen molar-refractivity contribution < 1.29 is 7.59 Å². The third-order valence-electron chi connectivity index (χ3n) is 5.09. The highest BCUT2D eigenvalue weighted by atomic mass is 16.5. The van der Waals surface area contributed by atoms with Crippen LogP contribution in [0.2, 0.25) is 0 Å². The van der Waals surface area contributed by atoms with Crippen LogP contribution in [0, 0.1) is 0 Å². The smallest absolute Gasteiger partial charge is 0.119 e. The Labute approximate surface area is 139 Å². The largest absolute Gasteiger partial charge is 0.497 e. The normalized spacial score (nSPS) is 20.9. The van der Waals surface area contributed by atoms with Gasteiger partial charge >= 0.3 is 0 Å². The molecule has 122 valence electrons. The predicted octanol–water partition coefficient (Wildman–Crippen LogP) is 4.14. The molecule has 2 aromatic carbocycles. The Kier molecular flexibility index (Phi) is 3.58. The highest BCUT2D eigenvalue weighted by Crippen LogP contribution is 2.36. The van der Waals surface area contributed by atoms with Crippen molar-refractivity contribution >= 4 is 10.9 Å². The number of benzene rings is 2. The van der Waals surface area contributed by atoms with Crippen LogP contribution >= 0.6 is 0 Å². The zero-order valence-corrected chi connectivity index (χ0v) is 13.4. The molecule has 2 heterocycles. The number of H-pyrrole nitrogens is 1. The third-order valence-corrected chi connectivity index (χ3v) is 5.09. The number of fused-ring (bicyclic) bond motifs is 1. The highest BCUT2D eigenvalue weighted by Gasteiger charge is 2.35. The fraction of sp³-hybridized carbons (Fsp3) is 0.300. The second-order valence-electron chi connectivity index (χ2n) is 6.52. The van der Waals surface area contributed by atoms with Gasteiger partial charge in [-0.25, -0.2) is 0 Å². The number of ether oxygens (including phenoxy) is 1. The molecule has 4 rings (SSSR count). The van der Waals surface area contributed by atoms with Crippen molar-refractivity contribution in [2.45, 2.75) is 18.3 Å². The third kappa shape index (κ3) is 2.62. The van der Waals surface area contributed by atoms with Crippen LogP contribution in [-0.4, -0.2) is 25.2 Å². The molecule has 0 spiro atoms. The van der Waals surface area contributed by atoms with Crippen molar-refractivity contribution in [1.82, 2.24) is 10.3 Å². The topological polar surface area (TPSA) is 37.0 Å². The molecule has 3 aromatic rings. The highest BCUT2D eigenvalue weighted by molar-refractivity contribution is 5.80. The van der Waals surface area contributed by atoms with Gasteiger partial charge in [-0.05, 0) is 66.2 Å². The zero-order chi connectivity index (χ0) is 15.7. The summed E-state index contributed by atoms with van der Waals surface area (Å²) in [5, 5.41) is 4.85. The van der Waals surface area contributed by atoms with Gasteiger partial charge in [-0.2, -0.15) is 0 Å². The van der Waals surface area contributed by atoms with Gasteiger partial charge in [0.05, 0.1) is 7.11 Å². The maximum absolute atomic E-state index is 5.39. The Morgan fingerprint density at radius 2 is 2.13 bits per heavy atom. The van der Waals surface area contributed by atoms with E-state index in [9.17, 15) is 0 Å². The minimum Gasteiger partial charge on any atom is -0.497 e. The summed E-state index contributed by atoms with van der Waals surface area (Å²) in [5.41, 5.74) is 4.13. The summed E-state index contributed by atoms with van der Waals surface area (Å²) in [6.45, 7) is 2.11. The lowest BCUT2D eigenvalue weighted by molar-refractivity contribution is 0.412. The SMILES string of the molecule is COc1cccc(C[C@@]2(c3ccc4[nH]ccc4c3)CCNC2)c1.[HH].[HH]. The lowest BCUT2D eigenvalue weighted by Gasteiger charge is -2.29. The van der Waals surface area contributed by atoms with Crippen molar-refractivity contribution in [1.29, 1.82) is 0 Å². The van der Waals surface area contributed by atoms with Gasteiger partial charge in [0, 0.05) is 26.5 Å². The van der Waals surface area contributed by atoms with Crippen molar-refractivity contribution in [3.63, 3.8) is 0 Å². The van der Waals surface area contributed by atoms with E-state index in [1.807, 2.05) is 12.3 Å². The first kappa shape index (κ1) is 14.3. The minimum absolute atomic E-state index is 0. The molecule has 0 saturated carbocycles. The van der Waals surface area contributed by atoms with Gasteiger partial charge in [-0.15, -0.1) is 0 Å². The van der Waals surface area contributed by atoms with E-state index in [0.29, 0.717) is 0 Å². The molecule has 23 heavy (non-hydrogen) atoms. The summed E-state index contributed by atoms with van der Waals surface area (Å²) in [5.74, 6) is 0.935. The first-order chi connectivity index (χ1) is 11.3. The number of hydrogen-bond acceptors (Lipinski definition) is 2. The van der Waals surface area contributed by atoms with E-state index in [2.05, 4.69) is 52.8 Å². The van der Waals surface area contributed by atoms with Crippen molar-refractivity contribution in [3.8, 4) is 5.75 Å². The number of methoxy groups -OCH3 is 1. The average Bonchev–Trinajstić information content (AvgIpc) is 3.24. The fourth-order valence-electron chi connectivity index (χ4n) is 3.80. The van der Waals surface area contributed by atoms with Gasteiger partial charge in [0.2, 0.25) is 0 Å². The van der Waals surface area contributed by atoms with Crippen LogP contribution in [0.15, 0.2) is 54.7 Å². The molecular formula is C20H26N2O. The fourth-order valence-corrected chi connectivity index (χ4v) is 3.80. The number of aromatic nitrogens is 1. The lowest BCUT2D eigenvalue weighted by Crippen LogP contribution is -2.31. The quantitative estimate of drug-likeness (QED) is 0.760. The Hall–Kier alpha value is -2.26. The Morgan fingerprint density at radius 1 is 1.17 bits per heavy atom. The van der Waals surface area contributed by atoms with Crippen LogP contribution < -0.4 is 10.1 Å². The number of rotatable bonds is 4. The zero-order valence-electron chi connectivity index (χ0n) is 13.4. The van der Waals surface area contributed by atoms with E-state index < -0.39 is 0 Å². The maximum atomic E-state index is 5.39. The molecule has 2 N–H and O–H groups in total. The van der Waals surface area contributed by atoms with E-state index in [4.69, 9.17) is 4.74 Å². The summed E-state index contributed by atoms with van der Waals surface area (Å²) >= 11 is 0. The number of aromatic amines is 1. The molecule has 1 atom stereocenters. The van der Waals surface area contributed by atoms with Crippen LogP contribution in [-0.2, 0) is 11.8 Å². The molecule has 0 unspecified atom stereocenters. The van der Waals surface area contributed by atoms with Crippen molar-refractivity contribution in [3.05, 3.63) is 65.9 Å². The number of hydrogen-bond donors (Lipinski definition) is 2. The van der Waals surface area contributed by atoms with Crippen LogP contribution in [0.4, 0.5) is 0 Å². The summed E-state index contributed by atoms with van der Waals surface area (Å²) in [6, 6.07) is 17.4. The summed E-state index contributed by atoms with van der Waals surface area (Å²) < 4.78 is 5.39. The first-order valence-electron chi connectivity index (χ1n) is 8.20. The van der Waals surface area contributed by atoms with Gasteiger partial charge in [-0.1, -0.05) is 18.2 Å². The van der Waals surface area contributed by atoms with E-state index >= 15 is 0 Å². The summed E-state index contributed by atoms with van der Waals surface area (Å²) in [7, 11) is 1.73. The molecule has 1 fully saturated rings. The van der Waals surface area contributed by atoms with Gasteiger partial charge in [0.1, 0.15) is 5.75 Å². The van der Waals surface area contributed by atoms with Crippen LogP contribution in [0.25, 0.3) is 10.9 Å². The van der Waals surface area contributed by atoms with E-state index in [0.717, 1.165) is 25.3 Å². The molecule has 1 saturated heterocycles. The van der Waals surface area contributed by atoms with Crippen LogP contribution in [0.1, 0.15) is 20.4 Å². The molecule has 0 radical (unpaired) electrons. The number of nitrogens with one attached hydrogen (secondary N) is 2. The van der Waals surface area contributed by atoms with E-state index in [1.54, 1.807) is 7.11 Å². The molecule has 0 amide bonds. The molecule has 1 aromatic heterocycles. The Bertz CT molecular complexity index is 825. The van der Waals surface area contributed by atoms with Crippen molar-refractivity contribution in [2.75, 3.05) is 20.2 Å². The molecule has 3 heteroatoms. The minimum atomic E-state index is 0. The molecule has 3 nitrogen and oxygen atoms in total. The van der Waals surface area contributed by atoms with Gasteiger partial charge in [-0.3, -0.25) is 0 Å². The standard InChI is InChI=1S/C20H22N2O.2H2/c1-23-18-4-2-3-15(11-18)13-20(8-10-21-14-20)17-5-6-19-16(12-17)7-9-22-19;;/h2-7,9,11-12,21-22H,8,10,13-14H2,1H3;2*1H/t20-;;/m0../s1. The van der Waals surface area contributed by atoms with E-state index in [-0.39, 0.29) is 8.27 Å². The van der Waals surface area contributed by atoms with E-state index in [1.165, 1.54) is 28.5 Å². The van der Waals surface area contributed by atoms with Crippen LogP contribution in [0.3, 0.4) is 0 Å². The lowest BCUT2D eigenvalue weighted by atomic mass is 9.74. The maximum Gasteiger partial charge on any atom is 0.119 e.